The molecule has 0 saturated heterocycles. The highest BCUT2D eigenvalue weighted by Crippen LogP contribution is 2.24. The van der Waals surface area contributed by atoms with Gasteiger partial charge >= 0.3 is 0 Å². The number of phenols is 2. The van der Waals surface area contributed by atoms with Crippen LogP contribution in [-0.4, -0.2) is 29.7 Å². The molecule has 0 saturated carbocycles. The minimum absolute atomic E-state index is 0.0938. The highest BCUT2D eigenvalue weighted by atomic mass is 16.5. The van der Waals surface area contributed by atoms with Crippen molar-refractivity contribution in [3.8, 4) is 17.2 Å². The van der Waals surface area contributed by atoms with E-state index >= 15 is 0 Å². The van der Waals surface area contributed by atoms with E-state index in [2.05, 4.69) is 0 Å². The quantitative estimate of drug-likeness (QED) is 0.600. The first-order valence-electron chi connectivity index (χ1n) is 7.54. The molecule has 126 valence electrons. The molecule has 0 amide bonds. The fourth-order valence-electron chi connectivity index (χ4n) is 2.22. The smallest absolute Gasteiger partial charge is 0.189 e. The van der Waals surface area contributed by atoms with E-state index in [0.29, 0.717) is 13.2 Å². The van der Waals surface area contributed by atoms with E-state index in [9.17, 15) is 15.0 Å². The van der Waals surface area contributed by atoms with Crippen LogP contribution in [0.15, 0.2) is 42.5 Å². The van der Waals surface area contributed by atoms with Crippen LogP contribution in [0, 0.1) is 0 Å². The van der Waals surface area contributed by atoms with Gasteiger partial charge in [0.2, 0.25) is 0 Å². The van der Waals surface area contributed by atoms with Gasteiger partial charge in [-0.25, -0.2) is 0 Å². The standard InChI is InChI=1S/C19H20O5/c1-3-24-12-14-10-13(5-9-19(14)23-2)4-8-17(21)16-7-6-15(20)11-18(16)22/h4-11,20,22H,3,12H2,1-2H3/b8-4+. The molecule has 0 bridgehead atoms. The number of hydrogen-bond donors (Lipinski definition) is 2. The van der Waals surface area contributed by atoms with Crippen molar-refractivity contribution in [1.82, 2.24) is 0 Å². The number of ketones is 1. The van der Waals surface area contributed by atoms with Gasteiger partial charge in [0.15, 0.2) is 5.78 Å². The monoisotopic (exact) mass is 328 g/mol. The molecule has 2 N–H and O–H groups in total. The molecule has 24 heavy (non-hydrogen) atoms. The van der Waals surface area contributed by atoms with Gasteiger partial charge in [-0.05, 0) is 42.8 Å². The second-order valence-corrected chi connectivity index (χ2v) is 5.11. The van der Waals surface area contributed by atoms with Crippen molar-refractivity contribution < 1.29 is 24.5 Å². The van der Waals surface area contributed by atoms with E-state index < -0.39 is 0 Å². The fourth-order valence-corrected chi connectivity index (χ4v) is 2.22. The molecule has 0 heterocycles. The normalized spacial score (nSPS) is 10.9. The van der Waals surface area contributed by atoms with E-state index in [1.54, 1.807) is 13.2 Å². The number of benzene rings is 2. The molecule has 0 unspecified atom stereocenters. The third-order valence-corrected chi connectivity index (χ3v) is 3.44. The van der Waals surface area contributed by atoms with Gasteiger partial charge in [-0.1, -0.05) is 12.1 Å². The summed E-state index contributed by atoms with van der Waals surface area (Å²) in [6.45, 7) is 2.94. The zero-order valence-corrected chi connectivity index (χ0v) is 13.7. The Morgan fingerprint density at radius 1 is 1.17 bits per heavy atom. The van der Waals surface area contributed by atoms with Gasteiger partial charge in [-0.2, -0.15) is 0 Å². The second kappa shape index (κ2) is 8.17. The van der Waals surface area contributed by atoms with Gasteiger partial charge in [-0.15, -0.1) is 0 Å². The largest absolute Gasteiger partial charge is 0.508 e. The number of rotatable bonds is 7. The molecular weight excluding hydrogens is 308 g/mol. The maximum atomic E-state index is 12.2. The van der Waals surface area contributed by atoms with Crippen molar-refractivity contribution in [2.45, 2.75) is 13.5 Å². The molecule has 5 heteroatoms. The number of carbonyl (C=O) groups excluding carboxylic acids is 1. The van der Waals surface area contributed by atoms with Crippen molar-refractivity contribution in [3.05, 3.63) is 59.2 Å². The van der Waals surface area contributed by atoms with E-state index in [1.807, 2.05) is 25.1 Å². The van der Waals surface area contributed by atoms with Gasteiger partial charge in [0.25, 0.3) is 0 Å². The number of methoxy groups -OCH3 is 1. The number of carbonyl (C=O) groups is 1. The number of ether oxygens (including phenoxy) is 2. The average Bonchev–Trinajstić information content (AvgIpc) is 2.57. The van der Waals surface area contributed by atoms with Gasteiger partial charge in [-0.3, -0.25) is 4.79 Å². The lowest BCUT2D eigenvalue weighted by molar-refractivity contribution is 0.104. The summed E-state index contributed by atoms with van der Waals surface area (Å²) in [5.41, 5.74) is 1.84. The summed E-state index contributed by atoms with van der Waals surface area (Å²) in [5.74, 6) is 0.0259. The Balaban J connectivity index is 2.20. The molecular formula is C19H20O5. The van der Waals surface area contributed by atoms with Gasteiger partial charge in [0.05, 0.1) is 19.3 Å². The highest BCUT2D eigenvalue weighted by molar-refractivity contribution is 6.08. The Labute approximate surface area is 140 Å². The second-order valence-electron chi connectivity index (χ2n) is 5.11. The van der Waals surface area contributed by atoms with Crippen molar-refractivity contribution in [2.75, 3.05) is 13.7 Å². The molecule has 2 aromatic carbocycles. The third-order valence-electron chi connectivity index (χ3n) is 3.44. The van der Waals surface area contributed by atoms with Crippen LogP contribution >= 0.6 is 0 Å². The van der Waals surface area contributed by atoms with E-state index in [1.165, 1.54) is 18.2 Å². The molecule has 2 aromatic rings. The lowest BCUT2D eigenvalue weighted by Crippen LogP contribution is -1.97. The van der Waals surface area contributed by atoms with Crippen LogP contribution in [0.5, 0.6) is 17.2 Å². The van der Waals surface area contributed by atoms with Gasteiger partial charge < -0.3 is 19.7 Å². The molecule has 0 fully saturated rings. The SMILES string of the molecule is CCOCc1cc(/C=C/C(=O)c2ccc(O)cc2O)ccc1OC. The number of phenolic OH excluding ortho intramolecular Hbond substituents is 2. The summed E-state index contributed by atoms with van der Waals surface area (Å²) >= 11 is 0. The Morgan fingerprint density at radius 2 is 1.96 bits per heavy atom. The van der Waals surface area contributed by atoms with Crippen LogP contribution in [0.2, 0.25) is 0 Å². The lowest BCUT2D eigenvalue weighted by Gasteiger charge is -2.09. The van der Waals surface area contributed by atoms with Crippen molar-refractivity contribution in [3.63, 3.8) is 0 Å². The summed E-state index contributed by atoms with van der Waals surface area (Å²) in [5, 5.41) is 19.0. The van der Waals surface area contributed by atoms with Crippen LogP contribution in [-0.2, 0) is 11.3 Å². The average molecular weight is 328 g/mol. The Kier molecular flexibility index (Phi) is 5.98. The fraction of sp³-hybridized carbons (Fsp3) is 0.211. The first kappa shape index (κ1) is 17.6. The summed E-state index contributed by atoms with van der Waals surface area (Å²) in [4.78, 5) is 12.2. The summed E-state index contributed by atoms with van der Waals surface area (Å²) in [6, 6.07) is 9.40. The molecule has 0 atom stereocenters. The molecule has 0 spiro atoms. The first-order valence-corrected chi connectivity index (χ1v) is 7.54. The van der Waals surface area contributed by atoms with Crippen LogP contribution < -0.4 is 4.74 Å². The van der Waals surface area contributed by atoms with E-state index in [-0.39, 0.29) is 22.8 Å². The highest BCUT2D eigenvalue weighted by Gasteiger charge is 2.09. The third kappa shape index (κ3) is 4.36. The lowest BCUT2D eigenvalue weighted by atomic mass is 10.1. The van der Waals surface area contributed by atoms with Crippen LogP contribution in [0.3, 0.4) is 0 Å². The molecule has 2 rings (SSSR count). The van der Waals surface area contributed by atoms with Gasteiger partial charge in [0, 0.05) is 18.2 Å². The molecule has 0 aliphatic carbocycles. The van der Waals surface area contributed by atoms with Crippen LogP contribution in [0.25, 0.3) is 6.08 Å². The van der Waals surface area contributed by atoms with Crippen LogP contribution in [0.4, 0.5) is 0 Å². The predicted octanol–water partition coefficient (Wildman–Crippen LogP) is 3.54. The molecule has 0 aliphatic heterocycles. The van der Waals surface area contributed by atoms with E-state index in [0.717, 1.165) is 22.9 Å². The van der Waals surface area contributed by atoms with Gasteiger partial charge in [0.1, 0.15) is 17.2 Å². The predicted molar refractivity (Wildman–Crippen MR) is 91.5 cm³/mol. The summed E-state index contributed by atoms with van der Waals surface area (Å²) in [7, 11) is 1.59. The first-order chi connectivity index (χ1) is 11.5. The minimum Gasteiger partial charge on any atom is -0.508 e. The van der Waals surface area contributed by atoms with Crippen molar-refractivity contribution in [2.24, 2.45) is 0 Å². The Morgan fingerprint density at radius 3 is 2.62 bits per heavy atom. The number of aromatic hydroxyl groups is 2. The number of allylic oxidation sites excluding steroid dienone is 1. The Hall–Kier alpha value is -2.79. The summed E-state index contributed by atoms with van der Waals surface area (Å²) < 4.78 is 10.7. The number of hydrogen-bond acceptors (Lipinski definition) is 5. The Bertz CT molecular complexity index is 749. The molecule has 5 nitrogen and oxygen atoms in total. The van der Waals surface area contributed by atoms with Crippen molar-refractivity contribution >= 4 is 11.9 Å². The maximum Gasteiger partial charge on any atom is 0.189 e. The van der Waals surface area contributed by atoms with Crippen molar-refractivity contribution in [1.29, 1.82) is 0 Å². The zero-order chi connectivity index (χ0) is 17.5. The van der Waals surface area contributed by atoms with Crippen LogP contribution in [0.1, 0.15) is 28.4 Å². The zero-order valence-electron chi connectivity index (χ0n) is 13.7. The maximum absolute atomic E-state index is 12.2. The molecule has 0 radical (unpaired) electrons. The molecule has 0 aliphatic rings. The van der Waals surface area contributed by atoms with E-state index in [4.69, 9.17) is 9.47 Å². The summed E-state index contributed by atoms with van der Waals surface area (Å²) in [6.07, 6.45) is 3.03. The topological polar surface area (TPSA) is 76.0 Å². The molecule has 0 aromatic heterocycles. The minimum atomic E-state index is -0.352.